The quantitative estimate of drug-likeness (QED) is 0.369. The van der Waals surface area contributed by atoms with Crippen LogP contribution < -0.4 is 0 Å². The van der Waals surface area contributed by atoms with Gasteiger partial charge in [0.15, 0.2) is 0 Å². The van der Waals surface area contributed by atoms with Crippen LogP contribution in [0.15, 0.2) is 0 Å². The van der Waals surface area contributed by atoms with E-state index in [4.69, 9.17) is 4.74 Å². The first-order valence-electron chi connectivity index (χ1n) is 4.09. The standard InChI is InChI=1S/C8H16N2O3/c1-9(7-11)3-5-13-6-4-10(2)8-12/h7-8H,3-6H2,1-2H3. The third-order valence-corrected chi connectivity index (χ3v) is 1.54. The Balaban J connectivity index is 3.16. The molecular formula is C8H16N2O3. The van der Waals surface area contributed by atoms with Crippen molar-refractivity contribution in [2.45, 2.75) is 0 Å². The van der Waals surface area contributed by atoms with Gasteiger partial charge in [-0.15, -0.1) is 0 Å². The van der Waals surface area contributed by atoms with Crippen molar-refractivity contribution < 1.29 is 14.3 Å². The number of hydrogen-bond acceptors (Lipinski definition) is 3. The van der Waals surface area contributed by atoms with Crippen molar-refractivity contribution in [3.63, 3.8) is 0 Å². The number of ether oxygens (including phenoxy) is 1. The Morgan fingerprint density at radius 1 is 1.00 bits per heavy atom. The summed E-state index contributed by atoms with van der Waals surface area (Å²) in [6.45, 7) is 2.16. The van der Waals surface area contributed by atoms with Gasteiger partial charge in [-0.1, -0.05) is 0 Å². The lowest BCUT2D eigenvalue weighted by atomic mass is 10.6. The van der Waals surface area contributed by atoms with Crippen LogP contribution >= 0.6 is 0 Å². The highest BCUT2D eigenvalue weighted by molar-refractivity contribution is 5.46. The fourth-order valence-electron chi connectivity index (χ4n) is 0.625. The van der Waals surface area contributed by atoms with Crippen LogP contribution in [0.1, 0.15) is 0 Å². The summed E-state index contributed by atoms with van der Waals surface area (Å²) in [7, 11) is 3.38. The maximum absolute atomic E-state index is 10.1. The SMILES string of the molecule is CN(C=O)CCOCCN(C)C=O. The van der Waals surface area contributed by atoms with E-state index in [-0.39, 0.29) is 0 Å². The highest BCUT2D eigenvalue weighted by atomic mass is 16.5. The Kier molecular flexibility index (Phi) is 6.91. The van der Waals surface area contributed by atoms with Gasteiger partial charge in [0.2, 0.25) is 12.8 Å². The highest BCUT2D eigenvalue weighted by Crippen LogP contribution is 1.81. The summed E-state index contributed by atoms with van der Waals surface area (Å²) in [5, 5.41) is 0. The molecule has 0 aromatic rings. The predicted molar refractivity (Wildman–Crippen MR) is 48.2 cm³/mol. The molecule has 5 nitrogen and oxygen atoms in total. The lowest BCUT2D eigenvalue weighted by Gasteiger charge is -2.12. The van der Waals surface area contributed by atoms with Crippen LogP contribution in [0.3, 0.4) is 0 Å². The van der Waals surface area contributed by atoms with Gasteiger partial charge >= 0.3 is 0 Å². The molecule has 0 saturated carbocycles. The van der Waals surface area contributed by atoms with E-state index in [1.54, 1.807) is 14.1 Å². The molecule has 0 aliphatic carbocycles. The maximum Gasteiger partial charge on any atom is 0.209 e. The smallest absolute Gasteiger partial charge is 0.209 e. The van der Waals surface area contributed by atoms with Crippen LogP contribution in [0, 0.1) is 0 Å². The normalized spacial score (nSPS) is 9.38. The Hall–Kier alpha value is -1.10. The largest absolute Gasteiger partial charge is 0.378 e. The molecule has 0 aromatic carbocycles. The predicted octanol–water partition coefficient (Wildman–Crippen LogP) is -0.821. The zero-order valence-corrected chi connectivity index (χ0v) is 8.10. The molecule has 0 aliphatic rings. The molecule has 0 atom stereocenters. The molecule has 0 aromatic heterocycles. The van der Waals surface area contributed by atoms with Crippen molar-refractivity contribution in [2.24, 2.45) is 0 Å². The van der Waals surface area contributed by atoms with Gasteiger partial charge in [-0.2, -0.15) is 0 Å². The second-order valence-electron chi connectivity index (χ2n) is 2.78. The Morgan fingerprint density at radius 2 is 1.38 bits per heavy atom. The van der Waals surface area contributed by atoms with Gasteiger partial charge in [0.25, 0.3) is 0 Å². The second-order valence-corrected chi connectivity index (χ2v) is 2.78. The average Bonchev–Trinajstić information content (AvgIpc) is 2.16. The molecular weight excluding hydrogens is 172 g/mol. The summed E-state index contributed by atoms with van der Waals surface area (Å²) in [5.74, 6) is 0. The first-order valence-corrected chi connectivity index (χ1v) is 4.09. The Bertz CT molecular complexity index is 136. The molecule has 76 valence electrons. The number of rotatable bonds is 8. The highest BCUT2D eigenvalue weighted by Gasteiger charge is 1.95. The van der Waals surface area contributed by atoms with Crippen molar-refractivity contribution in [3.05, 3.63) is 0 Å². The van der Waals surface area contributed by atoms with Gasteiger partial charge < -0.3 is 14.5 Å². The Morgan fingerprint density at radius 3 is 1.69 bits per heavy atom. The summed E-state index contributed by atoms with van der Waals surface area (Å²) >= 11 is 0. The van der Waals surface area contributed by atoms with Crippen molar-refractivity contribution in [1.82, 2.24) is 9.80 Å². The van der Waals surface area contributed by atoms with Gasteiger partial charge in [-0.3, -0.25) is 9.59 Å². The summed E-state index contributed by atoms with van der Waals surface area (Å²) < 4.78 is 5.18. The first-order chi connectivity index (χ1) is 6.20. The monoisotopic (exact) mass is 188 g/mol. The fraction of sp³-hybridized carbons (Fsp3) is 0.750. The summed E-state index contributed by atoms with van der Waals surface area (Å²) in [5.41, 5.74) is 0. The summed E-state index contributed by atoms with van der Waals surface area (Å²) in [6.07, 6.45) is 1.50. The molecule has 5 heteroatoms. The lowest BCUT2D eigenvalue weighted by molar-refractivity contribution is -0.117. The van der Waals surface area contributed by atoms with Crippen LogP contribution in [-0.4, -0.2) is 63.0 Å². The number of hydrogen-bond donors (Lipinski definition) is 0. The molecule has 0 bridgehead atoms. The number of nitrogens with zero attached hydrogens (tertiary/aromatic N) is 2. The third-order valence-electron chi connectivity index (χ3n) is 1.54. The van der Waals surface area contributed by atoms with Crippen molar-refractivity contribution in [3.8, 4) is 0 Å². The van der Waals surface area contributed by atoms with Crippen molar-refractivity contribution in [2.75, 3.05) is 40.4 Å². The molecule has 0 rings (SSSR count). The second kappa shape index (κ2) is 7.54. The topological polar surface area (TPSA) is 49.9 Å². The van der Waals surface area contributed by atoms with Crippen LogP contribution in [0.5, 0.6) is 0 Å². The molecule has 0 fully saturated rings. The van der Waals surface area contributed by atoms with Crippen molar-refractivity contribution >= 4 is 12.8 Å². The van der Waals surface area contributed by atoms with E-state index < -0.39 is 0 Å². The molecule has 0 heterocycles. The summed E-state index contributed by atoms with van der Waals surface area (Å²) in [4.78, 5) is 23.3. The van der Waals surface area contributed by atoms with E-state index in [0.29, 0.717) is 26.3 Å². The summed E-state index contributed by atoms with van der Waals surface area (Å²) in [6, 6.07) is 0. The van der Waals surface area contributed by atoms with E-state index in [1.807, 2.05) is 0 Å². The Labute approximate surface area is 78.3 Å². The average molecular weight is 188 g/mol. The van der Waals surface area contributed by atoms with Gasteiger partial charge in [0.05, 0.1) is 13.2 Å². The van der Waals surface area contributed by atoms with E-state index in [1.165, 1.54) is 9.80 Å². The van der Waals surface area contributed by atoms with E-state index >= 15 is 0 Å². The zero-order valence-electron chi connectivity index (χ0n) is 8.10. The van der Waals surface area contributed by atoms with E-state index in [9.17, 15) is 9.59 Å². The molecule has 0 unspecified atom stereocenters. The minimum Gasteiger partial charge on any atom is -0.378 e. The number of carbonyl (C=O) groups excluding carboxylic acids is 2. The van der Waals surface area contributed by atoms with Crippen LogP contribution in [0.25, 0.3) is 0 Å². The number of amides is 2. The molecule has 0 radical (unpaired) electrons. The van der Waals surface area contributed by atoms with Crippen LogP contribution in [-0.2, 0) is 14.3 Å². The number of carbonyl (C=O) groups is 2. The third kappa shape index (κ3) is 7.27. The van der Waals surface area contributed by atoms with Gasteiger partial charge in [-0.25, -0.2) is 0 Å². The maximum atomic E-state index is 10.1. The van der Waals surface area contributed by atoms with E-state index in [0.717, 1.165) is 12.8 Å². The fourth-order valence-corrected chi connectivity index (χ4v) is 0.625. The molecule has 0 N–H and O–H groups in total. The zero-order chi connectivity index (χ0) is 10.1. The van der Waals surface area contributed by atoms with Crippen LogP contribution in [0.4, 0.5) is 0 Å². The molecule has 13 heavy (non-hydrogen) atoms. The van der Waals surface area contributed by atoms with Gasteiger partial charge in [0, 0.05) is 27.2 Å². The minimum atomic E-state index is 0.502. The van der Waals surface area contributed by atoms with Gasteiger partial charge in [0.1, 0.15) is 0 Å². The molecule has 0 spiro atoms. The molecule has 0 saturated heterocycles. The lowest BCUT2D eigenvalue weighted by Crippen LogP contribution is -2.25. The first kappa shape index (κ1) is 11.9. The number of likely N-dealkylation sites (N-methyl/N-ethyl adjacent to an activating group) is 2. The molecule has 2 amide bonds. The minimum absolute atomic E-state index is 0.502. The van der Waals surface area contributed by atoms with Gasteiger partial charge in [-0.05, 0) is 0 Å². The van der Waals surface area contributed by atoms with E-state index in [2.05, 4.69) is 0 Å². The molecule has 0 aliphatic heterocycles. The van der Waals surface area contributed by atoms with Crippen LogP contribution in [0.2, 0.25) is 0 Å². The van der Waals surface area contributed by atoms with Crippen molar-refractivity contribution in [1.29, 1.82) is 0 Å².